The van der Waals surface area contributed by atoms with Gasteiger partial charge in [-0.1, -0.05) is 55.6 Å². The third kappa shape index (κ3) is 9.57. The van der Waals surface area contributed by atoms with Crippen LogP contribution in [0.25, 0.3) is 0 Å². The molecule has 0 radical (unpaired) electrons. The largest absolute Gasteiger partial charge is 0.444 e. The summed E-state index contributed by atoms with van der Waals surface area (Å²) >= 11 is 6.64. The minimum atomic E-state index is -1.19. The monoisotopic (exact) mass is 629 g/mol. The van der Waals surface area contributed by atoms with E-state index in [4.69, 9.17) is 16.3 Å². The average molecular weight is 630 g/mol. The summed E-state index contributed by atoms with van der Waals surface area (Å²) in [5.74, 6) is -0.994. The number of aryl methyl sites for hydroxylation is 1. The number of aromatic nitrogens is 2. The highest BCUT2D eigenvalue weighted by atomic mass is 35.5. The maximum atomic E-state index is 14.6. The Hall–Kier alpha value is -3.86. The van der Waals surface area contributed by atoms with Crippen LogP contribution in [0.15, 0.2) is 51.8 Å². The molecule has 2 unspecified atom stereocenters. The van der Waals surface area contributed by atoms with Crippen molar-refractivity contribution in [1.29, 1.82) is 0 Å². The van der Waals surface area contributed by atoms with Gasteiger partial charge in [0.1, 0.15) is 17.7 Å². The lowest BCUT2D eigenvalue weighted by molar-refractivity contribution is -0.143. The summed E-state index contributed by atoms with van der Waals surface area (Å²) in [6, 6.07) is 4.55. The van der Waals surface area contributed by atoms with Gasteiger partial charge in [0.2, 0.25) is 5.91 Å². The molecular weight excluding hydrogens is 586 g/mol. The van der Waals surface area contributed by atoms with E-state index in [2.05, 4.69) is 15.6 Å². The van der Waals surface area contributed by atoms with Gasteiger partial charge in [-0.05, 0) is 65.9 Å². The standard InChI is InChI=1S/C32H44ClN5O6/c1-6-7-17-25(38-20-21(2)27(39)36-30(38)42)29(41)37(19-18-34-31(43)44-32(3,4)5)26(23-15-11-12-16-24(23)33)28(40)35-22-13-9-8-10-14-22/h11-13,15-16,20,25-26H,6-10,14,17-19H2,1-5H3,(H,34,43)(H,35,40)(H,36,39,42). The summed E-state index contributed by atoms with van der Waals surface area (Å²) in [6.07, 6.45) is 7.78. The van der Waals surface area contributed by atoms with Crippen LogP contribution in [0.3, 0.4) is 0 Å². The molecule has 12 heteroatoms. The predicted octanol–water partition coefficient (Wildman–Crippen LogP) is 4.90. The van der Waals surface area contributed by atoms with E-state index in [9.17, 15) is 24.0 Å². The molecule has 44 heavy (non-hydrogen) atoms. The second-order valence-electron chi connectivity index (χ2n) is 12.0. The van der Waals surface area contributed by atoms with Crippen molar-refractivity contribution in [2.75, 3.05) is 13.1 Å². The maximum absolute atomic E-state index is 14.6. The van der Waals surface area contributed by atoms with Crippen molar-refractivity contribution in [3.8, 4) is 0 Å². The Morgan fingerprint density at radius 2 is 1.89 bits per heavy atom. The van der Waals surface area contributed by atoms with Crippen LogP contribution in [0, 0.1) is 6.92 Å². The number of hydrogen-bond acceptors (Lipinski definition) is 6. The van der Waals surface area contributed by atoms with Gasteiger partial charge in [-0.15, -0.1) is 0 Å². The van der Waals surface area contributed by atoms with E-state index in [1.54, 1.807) is 52.0 Å². The molecule has 2 atom stereocenters. The first-order valence-corrected chi connectivity index (χ1v) is 15.5. The number of benzene rings is 1. The first-order chi connectivity index (χ1) is 20.8. The Bertz CT molecular complexity index is 1470. The van der Waals surface area contributed by atoms with Crippen LogP contribution in [0.2, 0.25) is 5.02 Å². The maximum Gasteiger partial charge on any atom is 0.407 e. The fourth-order valence-electron chi connectivity index (χ4n) is 5.07. The summed E-state index contributed by atoms with van der Waals surface area (Å²) in [5, 5.41) is 5.95. The molecule has 11 nitrogen and oxygen atoms in total. The highest BCUT2D eigenvalue weighted by Gasteiger charge is 2.37. The third-order valence-electron chi connectivity index (χ3n) is 7.24. The number of allylic oxidation sites excluding steroid dienone is 2. The average Bonchev–Trinajstić information content (AvgIpc) is 2.95. The van der Waals surface area contributed by atoms with E-state index < -0.39 is 46.8 Å². The normalized spacial score (nSPS) is 14.6. The number of carbonyl (C=O) groups is 3. The number of H-pyrrole nitrogens is 1. The van der Waals surface area contributed by atoms with E-state index in [0.29, 0.717) is 18.4 Å². The van der Waals surface area contributed by atoms with Crippen LogP contribution in [-0.2, 0) is 14.3 Å². The highest BCUT2D eigenvalue weighted by molar-refractivity contribution is 6.31. The van der Waals surface area contributed by atoms with Crippen molar-refractivity contribution in [2.45, 2.75) is 97.2 Å². The lowest BCUT2D eigenvalue weighted by atomic mass is 10.00. The van der Waals surface area contributed by atoms with Gasteiger partial charge in [0.25, 0.3) is 11.5 Å². The van der Waals surface area contributed by atoms with Gasteiger partial charge in [-0.2, -0.15) is 0 Å². The number of ether oxygens (including phenoxy) is 1. The zero-order chi connectivity index (χ0) is 32.4. The molecule has 3 rings (SSSR count). The summed E-state index contributed by atoms with van der Waals surface area (Å²) in [4.78, 5) is 70.0. The molecule has 0 saturated heterocycles. The van der Waals surface area contributed by atoms with Gasteiger partial charge in [-0.25, -0.2) is 9.59 Å². The van der Waals surface area contributed by atoms with Crippen LogP contribution < -0.4 is 21.9 Å². The molecule has 2 aromatic rings. The zero-order valence-electron chi connectivity index (χ0n) is 26.2. The Balaban J connectivity index is 2.11. The van der Waals surface area contributed by atoms with Crippen LogP contribution in [0.4, 0.5) is 4.79 Å². The van der Waals surface area contributed by atoms with Gasteiger partial charge in [-0.3, -0.25) is 23.9 Å². The van der Waals surface area contributed by atoms with Crippen LogP contribution in [0.1, 0.15) is 95.9 Å². The second-order valence-corrected chi connectivity index (χ2v) is 12.4. The van der Waals surface area contributed by atoms with Gasteiger partial charge in [0.15, 0.2) is 0 Å². The molecule has 1 aliphatic carbocycles. The molecule has 1 aromatic heterocycles. The number of aromatic amines is 1. The Kier molecular flexibility index (Phi) is 12.4. The van der Waals surface area contributed by atoms with Crippen molar-refractivity contribution in [3.63, 3.8) is 0 Å². The third-order valence-corrected chi connectivity index (χ3v) is 7.58. The molecule has 1 heterocycles. The Labute approximate surface area is 263 Å². The number of nitrogens with zero attached hydrogens (tertiary/aromatic N) is 2. The van der Waals surface area contributed by atoms with Gasteiger partial charge >= 0.3 is 11.8 Å². The van der Waals surface area contributed by atoms with Crippen molar-refractivity contribution in [3.05, 3.63) is 79.2 Å². The van der Waals surface area contributed by atoms with Crippen LogP contribution in [-0.4, -0.2) is 51.0 Å². The number of halogens is 1. The number of nitrogens with one attached hydrogen (secondary N) is 3. The van der Waals surface area contributed by atoms with Crippen molar-refractivity contribution >= 4 is 29.5 Å². The quantitative estimate of drug-likeness (QED) is 0.305. The minimum absolute atomic E-state index is 0.0440. The molecule has 1 aliphatic rings. The topological polar surface area (TPSA) is 143 Å². The lowest BCUT2D eigenvalue weighted by Gasteiger charge is -2.35. The minimum Gasteiger partial charge on any atom is -0.444 e. The van der Waals surface area contributed by atoms with E-state index in [1.165, 1.54) is 15.7 Å². The van der Waals surface area contributed by atoms with Crippen molar-refractivity contribution < 1.29 is 19.1 Å². The molecule has 240 valence electrons. The van der Waals surface area contributed by atoms with Gasteiger partial charge in [0, 0.05) is 41.1 Å². The first-order valence-electron chi connectivity index (χ1n) is 15.2. The van der Waals surface area contributed by atoms with Gasteiger partial charge in [0.05, 0.1) is 0 Å². The number of amides is 3. The van der Waals surface area contributed by atoms with E-state index in [1.807, 2.05) is 13.0 Å². The number of rotatable bonds is 12. The smallest absolute Gasteiger partial charge is 0.407 e. The molecule has 3 N–H and O–H groups in total. The van der Waals surface area contributed by atoms with E-state index in [-0.39, 0.29) is 30.1 Å². The predicted molar refractivity (Wildman–Crippen MR) is 169 cm³/mol. The molecule has 1 aromatic carbocycles. The molecule has 0 spiro atoms. The number of alkyl carbamates (subject to hydrolysis) is 1. The zero-order valence-corrected chi connectivity index (χ0v) is 27.0. The Morgan fingerprint density at radius 3 is 2.52 bits per heavy atom. The SMILES string of the molecule is CCCCC(C(=O)N(CCNC(=O)OC(C)(C)C)C(C(=O)NC1=CCCCC1)c1ccccc1Cl)n1cc(C)c(=O)[nH]c1=O. The number of carbonyl (C=O) groups excluding carboxylic acids is 3. The second kappa shape index (κ2) is 15.7. The van der Waals surface area contributed by atoms with Crippen molar-refractivity contribution in [1.82, 2.24) is 25.1 Å². The molecule has 0 aliphatic heterocycles. The number of unbranched alkanes of at least 4 members (excludes halogenated alkanes) is 1. The summed E-state index contributed by atoms with van der Waals surface area (Å²) in [5.41, 5.74) is -0.572. The summed E-state index contributed by atoms with van der Waals surface area (Å²) < 4.78 is 6.58. The lowest BCUT2D eigenvalue weighted by Crippen LogP contribution is -2.50. The molecule has 3 amide bonds. The molecule has 0 fully saturated rings. The molecule has 0 bridgehead atoms. The molecule has 0 saturated carbocycles. The fraction of sp³-hybridized carbons (Fsp3) is 0.531. The summed E-state index contributed by atoms with van der Waals surface area (Å²) in [6.45, 7) is 8.59. The van der Waals surface area contributed by atoms with E-state index >= 15 is 0 Å². The van der Waals surface area contributed by atoms with Crippen LogP contribution >= 0.6 is 11.6 Å². The fourth-order valence-corrected chi connectivity index (χ4v) is 5.31. The first kappa shape index (κ1) is 34.6. The summed E-state index contributed by atoms with van der Waals surface area (Å²) in [7, 11) is 0. The van der Waals surface area contributed by atoms with Crippen molar-refractivity contribution in [2.24, 2.45) is 0 Å². The highest BCUT2D eigenvalue weighted by Crippen LogP contribution is 2.31. The van der Waals surface area contributed by atoms with E-state index in [0.717, 1.165) is 31.4 Å². The van der Waals surface area contributed by atoms with Gasteiger partial charge < -0.3 is 20.3 Å². The Morgan fingerprint density at radius 1 is 1.16 bits per heavy atom. The van der Waals surface area contributed by atoms with Crippen LogP contribution in [0.5, 0.6) is 0 Å². The molecular formula is C32H44ClN5O6. The number of hydrogen-bond donors (Lipinski definition) is 3.